The van der Waals surface area contributed by atoms with Crippen LogP contribution in [0.4, 0.5) is 4.39 Å². The molecule has 0 aliphatic carbocycles. The zero-order valence-electron chi connectivity index (χ0n) is 11.8. The second kappa shape index (κ2) is 7.01. The lowest BCUT2D eigenvalue weighted by Crippen LogP contribution is -2.08. The molecule has 1 aromatic heterocycles. The molecule has 0 saturated carbocycles. The fourth-order valence-corrected chi connectivity index (χ4v) is 1.98. The van der Waals surface area contributed by atoms with Gasteiger partial charge < -0.3 is 10.1 Å². The van der Waals surface area contributed by atoms with E-state index in [1.807, 2.05) is 24.3 Å². The van der Waals surface area contributed by atoms with E-state index < -0.39 is 5.82 Å². The van der Waals surface area contributed by atoms with Crippen LogP contribution in [0.1, 0.15) is 24.5 Å². The highest BCUT2D eigenvalue weighted by atomic mass is 19.1. The number of aryl methyl sites for hydroxylation is 1. The molecule has 0 saturated heterocycles. The molecular formula is C16H19FN2O. The van der Waals surface area contributed by atoms with Crippen LogP contribution in [0.2, 0.25) is 0 Å². The van der Waals surface area contributed by atoms with E-state index in [2.05, 4.69) is 17.2 Å². The molecule has 1 heterocycles. The first-order chi connectivity index (χ1) is 9.74. The van der Waals surface area contributed by atoms with Gasteiger partial charge in [0.2, 0.25) is 0 Å². The summed E-state index contributed by atoms with van der Waals surface area (Å²) in [6, 6.07) is 9.32. The molecule has 20 heavy (non-hydrogen) atoms. The predicted octanol–water partition coefficient (Wildman–Crippen LogP) is 3.68. The molecular weight excluding hydrogens is 255 g/mol. The van der Waals surface area contributed by atoms with Gasteiger partial charge in [0.1, 0.15) is 5.75 Å². The van der Waals surface area contributed by atoms with E-state index in [1.54, 1.807) is 19.3 Å². The standard InChI is InChI=1S/C16H19FN2O/c1-3-4-12-5-7-14(8-6-12)20-16-15(17)13(11-18-2)9-10-19-16/h5-10,18H,3-4,11H2,1-2H3. The Labute approximate surface area is 118 Å². The van der Waals surface area contributed by atoms with Crippen LogP contribution in [0, 0.1) is 5.82 Å². The monoisotopic (exact) mass is 274 g/mol. The first-order valence-corrected chi connectivity index (χ1v) is 6.79. The Hall–Kier alpha value is -1.94. The van der Waals surface area contributed by atoms with Gasteiger partial charge in [-0.15, -0.1) is 0 Å². The number of rotatable bonds is 6. The molecule has 0 fully saturated rings. The molecule has 1 N–H and O–H groups in total. The zero-order valence-corrected chi connectivity index (χ0v) is 11.8. The molecule has 0 amide bonds. The van der Waals surface area contributed by atoms with Gasteiger partial charge in [-0.05, 0) is 37.2 Å². The van der Waals surface area contributed by atoms with Crippen LogP contribution in [0.15, 0.2) is 36.5 Å². The first-order valence-electron chi connectivity index (χ1n) is 6.79. The highest BCUT2D eigenvalue weighted by Crippen LogP contribution is 2.24. The van der Waals surface area contributed by atoms with E-state index in [1.165, 1.54) is 5.56 Å². The lowest BCUT2D eigenvalue weighted by Gasteiger charge is -2.09. The summed E-state index contributed by atoms with van der Waals surface area (Å²) in [5.41, 5.74) is 1.79. The van der Waals surface area contributed by atoms with Crippen LogP contribution in [-0.2, 0) is 13.0 Å². The molecule has 3 nitrogen and oxygen atoms in total. The Bertz CT molecular complexity index is 555. The average Bonchev–Trinajstić information content (AvgIpc) is 2.46. The molecule has 0 radical (unpaired) electrons. The van der Waals surface area contributed by atoms with Gasteiger partial charge in [0.15, 0.2) is 5.82 Å². The molecule has 0 bridgehead atoms. The van der Waals surface area contributed by atoms with E-state index in [4.69, 9.17) is 4.74 Å². The minimum atomic E-state index is -0.417. The summed E-state index contributed by atoms with van der Waals surface area (Å²) in [4.78, 5) is 3.95. The number of nitrogens with zero attached hydrogens (tertiary/aromatic N) is 1. The lowest BCUT2D eigenvalue weighted by atomic mass is 10.1. The molecule has 2 rings (SSSR count). The summed E-state index contributed by atoms with van der Waals surface area (Å²) in [5, 5.41) is 2.91. The fourth-order valence-electron chi connectivity index (χ4n) is 1.98. The fraction of sp³-hybridized carbons (Fsp3) is 0.312. The third-order valence-corrected chi connectivity index (χ3v) is 2.98. The summed E-state index contributed by atoms with van der Waals surface area (Å²) in [5.74, 6) is 0.193. The van der Waals surface area contributed by atoms with Gasteiger partial charge in [-0.25, -0.2) is 9.37 Å². The van der Waals surface area contributed by atoms with Gasteiger partial charge in [-0.1, -0.05) is 25.5 Å². The van der Waals surface area contributed by atoms with Gasteiger partial charge in [-0.3, -0.25) is 0 Å². The van der Waals surface area contributed by atoms with Crippen LogP contribution in [-0.4, -0.2) is 12.0 Å². The first kappa shape index (κ1) is 14.5. The Morgan fingerprint density at radius 2 is 1.95 bits per heavy atom. The van der Waals surface area contributed by atoms with Crippen LogP contribution >= 0.6 is 0 Å². The Balaban J connectivity index is 2.15. The number of nitrogens with one attached hydrogen (secondary N) is 1. The normalized spacial score (nSPS) is 10.6. The van der Waals surface area contributed by atoms with Crippen LogP contribution in [0.3, 0.4) is 0 Å². The summed E-state index contributed by atoms with van der Waals surface area (Å²) < 4.78 is 19.6. The van der Waals surface area contributed by atoms with Crippen molar-refractivity contribution in [1.29, 1.82) is 0 Å². The molecule has 0 spiro atoms. The second-order valence-corrected chi connectivity index (χ2v) is 4.62. The van der Waals surface area contributed by atoms with E-state index in [0.717, 1.165) is 12.8 Å². The number of benzene rings is 1. The third-order valence-electron chi connectivity index (χ3n) is 2.98. The second-order valence-electron chi connectivity index (χ2n) is 4.62. The molecule has 2 aromatic rings. The van der Waals surface area contributed by atoms with Crippen molar-refractivity contribution >= 4 is 0 Å². The van der Waals surface area contributed by atoms with Crippen molar-refractivity contribution in [3.05, 3.63) is 53.5 Å². The predicted molar refractivity (Wildman–Crippen MR) is 77.5 cm³/mol. The molecule has 0 aliphatic rings. The summed E-state index contributed by atoms with van der Waals surface area (Å²) in [7, 11) is 1.77. The average molecular weight is 274 g/mol. The Morgan fingerprint density at radius 3 is 2.60 bits per heavy atom. The van der Waals surface area contributed by atoms with E-state index >= 15 is 0 Å². The SMILES string of the molecule is CCCc1ccc(Oc2nccc(CNC)c2F)cc1. The van der Waals surface area contributed by atoms with Crippen molar-refractivity contribution in [2.24, 2.45) is 0 Å². The third kappa shape index (κ3) is 3.54. The van der Waals surface area contributed by atoms with Crippen LogP contribution in [0.25, 0.3) is 0 Å². The van der Waals surface area contributed by atoms with E-state index in [-0.39, 0.29) is 5.88 Å². The van der Waals surface area contributed by atoms with Crippen molar-refractivity contribution in [2.45, 2.75) is 26.3 Å². The van der Waals surface area contributed by atoms with Gasteiger partial charge in [0.05, 0.1) is 0 Å². The maximum absolute atomic E-state index is 14.1. The van der Waals surface area contributed by atoms with Crippen molar-refractivity contribution in [3.8, 4) is 11.6 Å². The number of halogens is 1. The molecule has 1 aromatic carbocycles. The minimum absolute atomic E-state index is 0.0148. The van der Waals surface area contributed by atoms with E-state index in [0.29, 0.717) is 17.9 Å². The Morgan fingerprint density at radius 1 is 1.20 bits per heavy atom. The van der Waals surface area contributed by atoms with Gasteiger partial charge in [-0.2, -0.15) is 0 Å². The molecule has 0 atom stereocenters. The number of hydrogen-bond donors (Lipinski definition) is 1. The van der Waals surface area contributed by atoms with Gasteiger partial charge in [0.25, 0.3) is 5.88 Å². The van der Waals surface area contributed by atoms with Crippen molar-refractivity contribution in [2.75, 3.05) is 7.05 Å². The van der Waals surface area contributed by atoms with E-state index in [9.17, 15) is 4.39 Å². The topological polar surface area (TPSA) is 34.1 Å². The zero-order chi connectivity index (χ0) is 14.4. The summed E-state index contributed by atoms with van der Waals surface area (Å²) in [6.45, 7) is 2.58. The number of pyridine rings is 1. The smallest absolute Gasteiger partial charge is 0.256 e. The largest absolute Gasteiger partial charge is 0.436 e. The van der Waals surface area contributed by atoms with Gasteiger partial charge >= 0.3 is 0 Å². The quantitative estimate of drug-likeness (QED) is 0.872. The molecule has 4 heteroatoms. The van der Waals surface area contributed by atoms with Crippen molar-refractivity contribution < 1.29 is 9.13 Å². The maximum Gasteiger partial charge on any atom is 0.256 e. The molecule has 106 valence electrons. The number of ether oxygens (including phenoxy) is 1. The Kier molecular flexibility index (Phi) is 5.07. The van der Waals surface area contributed by atoms with Crippen LogP contribution in [0.5, 0.6) is 11.6 Å². The summed E-state index contributed by atoms with van der Waals surface area (Å²) in [6.07, 6.45) is 3.68. The van der Waals surface area contributed by atoms with Crippen molar-refractivity contribution in [3.63, 3.8) is 0 Å². The number of hydrogen-bond acceptors (Lipinski definition) is 3. The summed E-state index contributed by atoms with van der Waals surface area (Å²) >= 11 is 0. The van der Waals surface area contributed by atoms with Crippen molar-refractivity contribution in [1.82, 2.24) is 10.3 Å². The van der Waals surface area contributed by atoms with Gasteiger partial charge in [0, 0.05) is 18.3 Å². The number of aromatic nitrogens is 1. The highest BCUT2D eigenvalue weighted by molar-refractivity contribution is 5.32. The maximum atomic E-state index is 14.1. The molecule has 0 unspecified atom stereocenters. The lowest BCUT2D eigenvalue weighted by molar-refractivity contribution is 0.418. The minimum Gasteiger partial charge on any atom is -0.436 e. The highest BCUT2D eigenvalue weighted by Gasteiger charge is 2.11. The molecule has 0 aliphatic heterocycles. The van der Waals surface area contributed by atoms with Crippen LogP contribution < -0.4 is 10.1 Å².